The molecule has 0 spiro atoms. The van der Waals surface area contributed by atoms with Gasteiger partial charge in [0.15, 0.2) is 6.10 Å². The molecule has 0 aromatic carbocycles. The molecule has 0 fully saturated rings. The van der Waals surface area contributed by atoms with Crippen LogP contribution in [0.25, 0.3) is 0 Å². The maximum atomic E-state index is 11.5. The summed E-state index contributed by atoms with van der Waals surface area (Å²) in [5.41, 5.74) is 0. The van der Waals surface area contributed by atoms with Crippen LogP contribution in [-0.2, 0) is 9.53 Å². The second-order valence-corrected chi connectivity index (χ2v) is 5.26. The van der Waals surface area contributed by atoms with Gasteiger partial charge >= 0.3 is 5.97 Å². The topological polar surface area (TPSA) is 50.1 Å². The standard InChI is InChI=1S/C18H29NO2/c1-3-5-6-7-8-9-10-11-14-17(15-12-16-19)21-18(20)13-4-2/h17H,3-10,12-13,15H2,1-2H3. The highest BCUT2D eigenvalue weighted by molar-refractivity contribution is 5.69. The number of hydrogen-bond acceptors (Lipinski definition) is 3. The third-order valence-electron chi connectivity index (χ3n) is 3.16. The minimum absolute atomic E-state index is 0.214. The van der Waals surface area contributed by atoms with Gasteiger partial charge in [0, 0.05) is 25.7 Å². The van der Waals surface area contributed by atoms with Crippen molar-refractivity contribution in [3.8, 4) is 17.9 Å². The van der Waals surface area contributed by atoms with E-state index in [0.717, 1.165) is 19.3 Å². The Balaban J connectivity index is 3.96. The van der Waals surface area contributed by atoms with Crippen molar-refractivity contribution < 1.29 is 9.53 Å². The van der Waals surface area contributed by atoms with Crippen LogP contribution in [0, 0.1) is 23.2 Å². The fourth-order valence-electron chi connectivity index (χ4n) is 1.96. The molecule has 3 heteroatoms. The highest BCUT2D eigenvalue weighted by atomic mass is 16.5. The summed E-state index contributed by atoms with van der Waals surface area (Å²) in [6, 6.07) is 2.07. The Morgan fingerprint density at radius 3 is 2.43 bits per heavy atom. The van der Waals surface area contributed by atoms with E-state index in [0.29, 0.717) is 19.3 Å². The minimum Gasteiger partial charge on any atom is -0.449 e. The molecule has 21 heavy (non-hydrogen) atoms. The van der Waals surface area contributed by atoms with Gasteiger partial charge in [0.2, 0.25) is 0 Å². The number of nitrogens with zero attached hydrogens (tertiary/aromatic N) is 1. The van der Waals surface area contributed by atoms with Gasteiger partial charge in [0.25, 0.3) is 0 Å². The average molecular weight is 291 g/mol. The lowest BCUT2D eigenvalue weighted by molar-refractivity contribution is -0.146. The van der Waals surface area contributed by atoms with Gasteiger partial charge in [-0.2, -0.15) is 5.26 Å². The van der Waals surface area contributed by atoms with Crippen molar-refractivity contribution in [2.45, 2.75) is 90.6 Å². The Morgan fingerprint density at radius 1 is 1.05 bits per heavy atom. The molecule has 0 amide bonds. The average Bonchev–Trinajstić information content (AvgIpc) is 2.47. The monoisotopic (exact) mass is 291 g/mol. The molecule has 0 heterocycles. The van der Waals surface area contributed by atoms with E-state index < -0.39 is 6.10 Å². The summed E-state index contributed by atoms with van der Waals surface area (Å²) >= 11 is 0. The Labute approximate surface area is 130 Å². The third kappa shape index (κ3) is 13.3. The van der Waals surface area contributed by atoms with Crippen LogP contribution in [0.2, 0.25) is 0 Å². The Kier molecular flexibility index (Phi) is 13.9. The van der Waals surface area contributed by atoms with Crippen LogP contribution in [-0.4, -0.2) is 12.1 Å². The number of ether oxygens (including phenoxy) is 1. The van der Waals surface area contributed by atoms with E-state index in [9.17, 15) is 4.79 Å². The summed E-state index contributed by atoms with van der Waals surface area (Å²) in [4.78, 5) is 11.5. The number of esters is 1. The van der Waals surface area contributed by atoms with Crippen LogP contribution in [0.3, 0.4) is 0 Å². The van der Waals surface area contributed by atoms with E-state index in [2.05, 4.69) is 24.8 Å². The molecule has 0 aromatic rings. The van der Waals surface area contributed by atoms with Gasteiger partial charge in [-0.3, -0.25) is 4.79 Å². The van der Waals surface area contributed by atoms with Crippen molar-refractivity contribution in [2.24, 2.45) is 0 Å². The number of carbonyl (C=O) groups is 1. The highest BCUT2D eigenvalue weighted by Gasteiger charge is 2.10. The number of rotatable bonds is 11. The molecular weight excluding hydrogens is 262 g/mol. The minimum atomic E-state index is -0.413. The Morgan fingerprint density at radius 2 is 1.76 bits per heavy atom. The van der Waals surface area contributed by atoms with Gasteiger partial charge < -0.3 is 4.74 Å². The number of unbranched alkanes of at least 4 members (excludes halogenated alkanes) is 6. The second kappa shape index (κ2) is 14.9. The van der Waals surface area contributed by atoms with Gasteiger partial charge in [-0.05, 0) is 12.8 Å². The lowest BCUT2D eigenvalue weighted by Crippen LogP contribution is -2.16. The molecule has 1 unspecified atom stereocenters. The lowest BCUT2D eigenvalue weighted by atomic mass is 10.1. The van der Waals surface area contributed by atoms with Crippen LogP contribution >= 0.6 is 0 Å². The Hall–Kier alpha value is -1.48. The van der Waals surface area contributed by atoms with E-state index in [1.165, 1.54) is 32.1 Å². The molecule has 0 saturated carbocycles. The fraction of sp³-hybridized carbons (Fsp3) is 0.778. The molecule has 0 aromatic heterocycles. The first kappa shape index (κ1) is 19.5. The summed E-state index contributed by atoms with van der Waals surface area (Å²) in [6.07, 6.45) is 9.99. The van der Waals surface area contributed by atoms with Gasteiger partial charge in [-0.15, -0.1) is 0 Å². The molecule has 0 aliphatic heterocycles. The van der Waals surface area contributed by atoms with Crippen molar-refractivity contribution >= 4 is 5.97 Å². The Bertz CT molecular complexity index is 360. The SMILES string of the molecule is CCCCCCCCC#CC(CCC#N)OC(=O)CCC. The molecule has 0 bridgehead atoms. The predicted octanol–water partition coefficient (Wildman–Crippen LogP) is 4.76. The first-order chi connectivity index (χ1) is 10.2. The lowest BCUT2D eigenvalue weighted by Gasteiger charge is -2.10. The van der Waals surface area contributed by atoms with Crippen LogP contribution in [0.5, 0.6) is 0 Å². The summed E-state index contributed by atoms with van der Waals surface area (Å²) < 4.78 is 5.29. The molecule has 0 rings (SSSR count). The fourth-order valence-corrected chi connectivity index (χ4v) is 1.96. The first-order valence-corrected chi connectivity index (χ1v) is 8.29. The summed E-state index contributed by atoms with van der Waals surface area (Å²) in [7, 11) is 0. The molecule has 1 atom stereocenters. The van der Waals surface area contributed by atoms with Gasteiger partial charge in [0.1, 0.15) is 0 Å². The number of carbonyl (C=O) groups excluding carboxylic acids is 1. The van der Waals surface area contributed by atoms with E-state index >= 15 is 0 Å². The van der Waals surface area contributed by atoms with Crippen LogP contribution < -0.4 is 0 Å². The largest absolute Gasteiger partial charge is 0.449 e. The molecule has 0 saturated heterocycles. The zero-order valence-corrected chi connectivity index (χ0v) is 13.6. The third-order valence-corrected chi connectivity index (χ3v) is 3.16. The van der Waals surface area contributed by atoms with Gasteiger partial charge in [-0.1, -0.05) is 57.8 Å². The smallest absolute Gasteiger partial charge is 0.307 e. The van der Waals surface area contributed by atoms with Crippen molar-refractivity contribution in [3.63, 3.8) is 0 Å². The summed E-state index contributed by atoms with van der Waals surface area (Å²) in [6.45, 7) is 4.16. The molecule has 3 nitrogen and oxygen atoms in total. The number of hydrogen-bond donors (Lipinski definition) is 0. The van der Waals surface area contributed by atoms with Crippen molar-refractivity contribution in [2.75, 3.05) is 0 Å². The van der Waals surface area contributed by atoms with Crippen molar-refractivity contribution in [3.05, 3.63) is 0 Å². The molecule has 0 N–H and O–H groups in total. The van der Waals surface area contributed by atoms with Crippen LogP contribution in [0.4, 0.5) is 0 Å². The molecule has 0 radical (unpaired) electrons. The molecule has 118 valence electrons. The van der Waals surface area contributed by atoms with E-state index in [-0.39, 0.29) is 5.97 Å². The molecular formula is C18H29NO2. The van der Waals surface area contributed by atoms with Gasteiger partial charge in [0.05, 0.1) is 6.07 Å². The zero-order chi connectivity index (χ0) is 15.8. The summed E-state index contributed by atoms with van der Waals surface area (Å²) in [5.74, 6) is 5.88. The van der Waals surface area contributed by atoms with Crippen molar-refractivity contribution in [1.29, 1.82) is 5.26 Å². The molecule has 0 aliphatic rings. The highest BCUT2D eigenvalue weighted by Crippen LogP contribution is 2.07. The van der Waals surface area contributed by atoms with Gasteiger partial charge in [-0.25, -0.2) is 0 Å². The van der Waals surface area contributed by atoms with Crippen LogP contribution in [0.15, 0.2) is 0 Å². The first-order valence-electron chi connectivity index (χ1n) is 8.29. The van der Waals surface area contributed by atoms with E-state index in [1.807, 2.05) is 6.92 Å². The summed E-state index contributed by atoms with van der Waals surface area (Å²) in [5, 5.41) is 8.63. The quantitative estimate of drug-likeness (QED) is 0.313. The van der Waals surface area contributed by atoms with E-state index in [1.54, 1.807) is 0 Å². The maximum Gasteiger partial charge on any atom is 0.307 e. The normalized spacial score (nSPS) is 11.1. The molecule has 0 aliphatic carbocycles. The van der Waals surface area contributed by atoms with Crippen molar-refractivity contribution in [1.82, 2.24) is 0 Å². The second-order valence-electron chi connectivity index (χ2n) is 5.26. The van der Waals surface area contributed by atoms with Crippen LogP contribution in [0.1, 0.15) is 84.5 Å². The van der Waals surface area contributed by atoms with E-state index in [4.69, 9.17) is 10.00 Å². The number of nitriles is 1. The zero-order valence-electron chi connectivity index (χ0n) is 13.6. The predicted molar refractivity (Wildman–Crippen MR) is 85.4 cm³/mol. The maximum absolute atomic E-state index is 11.5.